The van der Waals surface area contributed by atoms with Crippen molar-refractivity contribution in [3.05, 3.63) is 71.8 Å². The summed E-state index contributed by atoms with van der Waals surface area (Å²) in [6.45, 7) is 3.75. The second kappa shape index (κ2) is 8.79. The molecule has 1 saturated heterocycles. The van der Waals surface area contributed by atoms with Crippen LogP contribution in [-0.2, 0) is 32.3 Å². The van der Waals surface area contributed by atoms with Crippen molar-refractivity contribution >= 4 is 11.8 Å². The molecule has 2 aromatic carbocycles. The summed E-state index contributed by atoms with van der Waals surface area (Å²) in [5.74, 6) is -0.324. The lowest BCUT2D eigenvalue weighted by atomic mass is 10.2. The molecule has 2 atom stereocenters. The highest BCUT2D eigenvalue weighted by Gasteiger charge is 2.44. The Balaban J connectivity index is 1.76. The Morgan fingerprint density at radius 3 is 1.48 bits per heavy atom. The topological polar surface area (TPSA) is 59.1 Å². The van der Waals surface area contributed by atoms with Crippen LogP contribution < -0.4 is 0 Å². The minimum absolute atomic E-state index is 0.156. The molecule has 3 rings (SSSR count). The van der Waals surface area contributed by atoms with Gasteiger partial charge in [-0.15, -0.1) is 0 Å². The Bertz CT molecular complexity index is 701. The van der Waals surface area contributed by atoms with Crippen LogP contribution in [0.4, 0.5) is 0 Å². The molecule has 6 heteroatoms. The largest absolute Gasteiger partial charge is 0.349 e. The van der Waals surface area contributed by atoms with Gasteiger partial charge in [0.05, 0.1) is 13.2 Å². The third-order valence-corrected chi connectivity index (χ3v) is 4.50. The van der Waals surface area contributed by atoms with Gasteiger partial charge in [0.2, 0.25) is 11.8 Å². The summed E-state index contributed by atoms with van der Waals surface area (Å²) < 4.78 is 12.1. The molecule has 1 aliphatic heterocycles. The standard InChI is InChI=1S/C21H24N2O4/c1-16(24)22-15-23(17(2)25)21(27-14-19-11-7-4-8-12-19)20(22)26-13-18-9-5-3-6-10-18/h3-12,20-21H,13-15H2,1-2H3. The number of amides is 2. The van der Waals surface area contributed by atoms with Crippen molar-refractivity contribution in [2.45, 2.75) is 39.5 Å². The molecule has 2 unspecified atom stereocenters. The maximum absolute atomic E-state index is 12.1. The maximum atomic E-state index is 12.1. The summed E-state index contributed by atoms with van der Waals surface area (Å²) in [6.07, 6.45) is -1.31. The zero-order chi connectivity index (χ0) is 19.2. The van der Waals surface area contributed by atoms with Crippen LogP contribution in [0.1, 0.15) is 25.0 Å². The normalized spacial score (nSPS) is 19.3. The number of ether oxygens (including phenoxy) is 2. The summed E-state index contributed by atoms with van der Waals surface area (Å²) in [5.41, 5.74) is 1.98. The molecule has 1 fully saturated rings. The number of benzene rings is 2. The average Bonchev–Trinajstić information content (AvgIpc) is 3.05. The van der Waals surface area contributed by atoms with Crippen LogP contribution in [0, 0.1) is 0 Å². The second-order valence-corrected chi connectivity index (χ2v) is 6.49. The van der Waals surface area contributed by atoms with E-state index in [0.29, 0.717) is 13.2 Å². The summed E-state index contributed by atoms with van der Waals surface area (Å²) in [6, 6.07) is 19.4. The van der Waals surface area contributed by atoms with E-state index in [1.807, 2.05) is 60.7 Å². The van der Waals surface area contributed by atoms with Crippen molar-refractivity contribution in [2.24, 2.45) is 0 Å². The molecule has 0 radical (unpaired) electrons. The van der Waals surface area contributed by atoms with Gasteiger partial charge in [0, 0.05) is 13.8 Å². The van der Waals surface area contributed by atoms with Crippen molar-refractivity contribution in [1.29, 1.82) is 0 Å². The number of hydrogen-bond acceptors (Lipinski definition) is 4. The number of hydrogen-bond donors (Lipinski definition) is 0. The summed E-state index contributed by atoms with van der Waals surface area (Å²) in [5, 5.41) is 0. The number of nitrogens with zero attached hydrogens (tertiary/aromatic N) is 2. The fraction of sp³-hybridized carbons (Fsp3) is 0.333. The predicted molar refractivity (Wildman–Crippen MR) is 99.9 cm³/mol. The highest BCUT2D eigenvalue weighted by atomic mass is 16.6. The van der Waals surface area contributed by atoms with Gasteiger partial charge < -0.3 is 9.47 Å². The first kappa shape index (κ1) is 19.1. The lowest BCUT2D eigenvalue weighted by Gasteiger charge is -2.27. The fourth-order valence-electron chi connectivity index (χ4n) is 3.05. The molecule has 0 N–H and O–H groups in total. The van der Waals surface area contributed by atoms with Crippen molar-refractivity contribution in [3.8, 4) is 0 Å². The SMILES string of the molecule is CC(=O)N1CN(C(C)=O)C(OCc2ccccc2)C1OCc1ccccc1. The van der Waals surface area contributed by atoms with Crippen molar-refractivity contribution < 1.29 is 19.1 Å². The van der Waals surface area contributed by atoms with E-state index in [1.54, 1.807) is 0 Å². The van der Waals surface area contributed by atoms with Crippen molar-refractivity contribution in [3.63, 3.8) is 0 Å². The summed E-state index contributed by atoms with van der Waals surface area (Å²) in [7, 11) is 0. The van der Waals surface area contributed by atoms with Gasteiger partial charge in [-0.1, -0.05) is 60.7 Å². The molecule has 0 aromatic heterocycles. The third-order valence-electron chi connectivity index (χ3n) is 4.50. The molecule has 27 heavy (non-hydrogen) atoms. The Kier molecular flexibility index (Phi) is 6.21. The second-order valence-electron chi connectivity index (χ2n) is 6.49. The maximum Gasteiger partial charge on any atom is 0.223 e. The first-order valence-electron chi connectivity index (χ1n) is 8.91. The highest BCUT2D eigenvalue weighted by Crippen LogP contribution is 2.25. The third kappa shape index (κ3) is 4.72. The molecular formula is C21H24N2O4. The Labute approximate surface area is 159 Å². The Morgan fingerprint density at radius 1 is 0.778 bits per heavy atom. The summed E-state index contributed by atoms with van der Waals surface area (Å²) >= 11 is 0. The zero-order valence-corrected chi connectivity index (χ0v) is 15.6. The summed E-state index contributed by atoms with van der Waals surface area (Å²) in [4.78, 5) is 27.3. The van der Waals surface area contributed by atoms with E-state index in [-0.39, 0.29) is 18.5 Å². The van der Waals surface area contributed by atoms with E-state index in [2.05, 4.69) is 0 Å². The quantitative estimate of drug-likeness (QED) is 0.787. The average molecular weight is 368 g/mol. The Morgan fingerprint density at radius 2 is 1.15 bits per heavy atom. The zero-order valence-electron chi connectivity index (χ0n) is 15.6. The molecule has 2 amide bonds. The van der Waals surface area contributed by atoms with E-state index >= 15 is 0 Å². The van der Waals surface area contributed by atoms with Gasteiger partial charge >= 0.3 is 0 Å². The molecule has 1 heterocycles. The molecule has 1 aliphatic rings. The van der Waals surface area contributed by atoms with Gasteiger partial charge in [-0.2, -0.15) is 0 Å². The van der Waals surface area contributed by atoms with Gasteiger partial charge in [0.15, 0.2) is 12.5 Å². The van der Waals surface area contributed by atoms with E-state index in [0.717, 1.165) is 11.1 Å². The van der Waals surface area contributed by atoms with Gasteiger partial charge in [0.25, 0.3) is 0 Å². The van der Waals surface area contributed by atoms with Crippen LogP contribution in [0.25, 0.3) is 0 Å². The molecule has 0 aliphatic carbocycles. The van der Waals surface area contributed by atoms with Gasteiger partial charge in [-0.05, 0) is 11.1 Å². The van der Waals surface area contributed by atoms with Crippen LogP contribution in [0.3, 0.4) is 0 Å². The molecule has 6 nitrogen and oxygen atoms in total. The number of carbonyl (C=O) groups excluding carboxylic acids is 2. The minimum Gasteiger partial charge on any atom is -0.349 e. The molecule has 142 valence electrons. The number of carbonyl (C=O) groups is 2. The minimum atomic E-state index is -0.657. The van der Waals surface area contributed by atoms with Gasteiger partial charge in [-0.3, -0.25) is 19.4 Å². The van der Waals surface area contributed by atoms with Crippen LogP contribution in [-0.4, -0.2) is 40.7 Å². The van der Waals surface area contributed by atoms with E-state index in [1.165, 1.54) is 23.6 Å². The van der Waals surface area contributed by atoms with Crippen LogP contribution in [0.5, 0.6) is 0 Å². The van der Waals surface area contributed by atoms with Crippen molar-refractivity contribution in [2.75, 3.05) is 6.67 Å². The predicted octanol–water partition coefficient (Wildman–Crippen LogP) is 2.74. The molecule has 0 bridgehead atoms. The van der Waals surface area contributed by atoms with Crippen molar-refractivity contribution in [1.82, 2.24) is 9.80 Å². The Hall–Kier alpha value is -2.70. The van der Waals surface area contributed by atoms with Crippen LogP contribution in [0.2, 0.25) is 0 Å². The van der Waals surface area contributed by atoms with Gasteiger partial charge in [-0.25, -0.2) is 0 Å². The molecule has 0 saturated carbocycles. The van der Waals surface area contributed by atoms with E-state index in [4.69, 9.17) is 9.47 Å². The molecular weight excluding hydrogens is 344 g/mol. The molecule has 0 spiro atoms. The van der Waals surface area contributed by atoms with Crippen LogP contribution in [0.15, 0.2) is 60.7 Å². The van der Waals surface area contributed by atoms with E-state index in [9.17, 15) is 9.59 Å². The van der Waals surface area contributed by atoms with Crippen LogP contribution >= 0.6 is 0 Å². The monoisotopic (exact) mass is 368 g/mol. The highest BCUT2D eigenvalue weighted by molar-refractivity contribution is 5.77. The van der Waals surface area contributed by atoms with E-state index < -0.39 is 12.5 Å². The smallest absolute Gasteiger partial charge is 0.223 e. The first-order chi connectivity index (χ1) is 13.1. The van der Waals surface area contributed by atoms with Gasteiger partial charge in [0.1, 0.15) is 6.67 Å². The number of rotatable bonds is 6. The first-order valence-corrected chi connectivity index (χ1v) is 8.91. The lowest BCUT2D eigenvalue weighted by molar-refractivity contribution is -0.167. The fourth-order valence-corrected chi connectivity index (χ4v) is 3.05. The lowest BCUT2D eigenvalue weighted by Crippen LogP contribution is -2.43. The molecule has 2 aromatic rings.